The van der Waals surface area contributed by atoms with Crippen LogP contribution in [0.15, 0.2) is 42.1 Å². The van der Waals surface area contributed by atoms with E-state index in [1.54, 1.807) is 6.08 Å². The second kappa shape index (κ2) is 6.80. The van der Waals surface area contributed by atoms with E-state index in [-0.39, 0.29) is 5.78 Å². The molecule has 1 rings (SSSR count). The zero-order chi connectivity index (χ0) is 11.8. The van der Waals surface area contributed by atoms with Crippen LogP contribution in [0.1, 0.15) is 23.7 Å². The van der Waals surface area contributed by atoms with Crippen LogP contribution in [0.5, 0.6) is 0 Å². The Kier molecular flexibility index (Phi) is 5.29. The third kappa shape index (κ3) is 4.28. The molecule has 0 bridgehead atoms. The van der Waals surface area contributed by atoms with Gasteiger partial charge in [0.2, 0.25) is 0 Å². The third-order valence-electron chi connectivity index (χ3n) is 2.19. The molecule has 0 atom stereocenters. The molecule has 3 nitrogen and oxygen atoms in total. The van der Waals surface area contributed by atoms with Crippen LogP contribution in [0.25, 0.3) is 0 Å². The number of nitrogens with two attached hydrogens (primary N) is 1. The summed E-state index contributed by atoms with van der Waals surface area (Å²) in [7, 11) is 0. The van der Waals surface area contributed by atoms with Gasteiger partial charge in [0, 0.05) is 23.9 Å². The summed E-state index contributed by atoms with van der Waals surface area (Å²) in [5.74, 6) is 0.0262. The monoisotopic (exact) mass is 218 g/mol. The second-order valence-corrected chi connectivity index (χ2v) is 3.63. The molecule has 0 spiro atoms. The minimum atomic E-state index is 0.0262. The minimum Gasteiger partial charge on any atom is -0.388 e. The molecule has 16 heavy (non-hydrogen) atoms. The lowest BCUT2D eigenvalue weighted by molar-refractivity contribution is 0.104. The van der Waals surface area contributed by atoms with Crippen LogP contribution in [0.3, 0.4) is 0 Å². The lowest BCUT2D eigenvalue weighted by atomic mass is 10.1. The van der Waals surface area contributed by atoms with Gasteiger partial charge in [-0.15, -0.1) is 0 Å². The van der Waals surface area contributed by atoms with Gasteiger partial charge in [0.15, 0.2) is 5.78 Å². The van der Waals surface area contributed by atoms with Crippen LogP contribution in [0, 0.1) is 0 Å². The minimum absolute atomic E-state index is 0.0262. The quantitative estimate of drug-likeness (QED) is 0.434. The van der Waals surface area contributed by atoms with Crippen molar-refractivity contribution in [2.45, 2.75) is 13.3 Å². The molecular formula is C13H18N2O. The van der Waals surface area contributed by atoms with Gasteiger partial charge in [0.05, 0.1) is 0 Å². The summed E-state index contributed by atoms with van der Waals surface area (Å²) >= 11 is 0. The molecule has 0 amide bonds. The summed E-state index contributed by atoms with van der Waals surface area (Å²) in [4.78, 5) is 11.7. The zero-order valence-electron chi connectivity index (χ0n) is 9.57. The van der Waals surface area contributed by atoms with Gasteiger partial charge >= 0.3 is 0 Å². The summed E-state index contributed by atoms with van der Waals surface area (Å²) < 4.78 is 0. The van der Waals surface area contributed by atoms with E-state index >= 15 is 0 Å². The molecule has 3 heteroatoms. The fraction of sp³-hybridized carbons (Fsp3) is 0.308. The van der Waals surface area contributed by atoms with E-state index < -0.39 is 0 Å². The van der Waals surface area contributed by atoms with E-state index in [4.69, 9.17) is 5.73 Å². The highest BCUT2D eigenvalue weighted by Gasteiger charge is 2.01. The van der Waals surface area contributed by atoms with E-state index in [1.807, 2.05) is 37.3 Å². The number of nitrogens with one attached hydrogen (secondary N) is 1. The van der Waals surface area contributed by atoms with Gasteiger partial charge < -0.3 is 11.1 Å². The number of carbonyl (C=O) groups is 1. The van der Waals surface area contributed by atoms with Gasteiger partial charge in [-0.2, -0.15) is 0 Å². The topological polar surface area (TPSA) is 55.1 Å². The maximum atomic E-state index is 11.7. The van der Waals surface area contributed by atoms with E-state index in [1.165, 1.54) is 0 Å². The highest BCUT2D eigenvalue weighted by atomic mass is 16.1. The smallest absolute Gasteiger partial charge is 0.187 e. The van der Waals surface area contributed by atoms with Crippen molar-refractivity contribution in [1.82, 2.24) is 5.32 Å². The van der Waals surface area contributed by atoms with Gasteiger partial charge in [-0.1, -0.05) is 30.3 Å². The number of benzene rings is 1. The lowest BCUT2D eigenvalue weighted by Gasteiger charge is -2.04. The summed E-state index contributed by atoms with van der Waals surface area (Å²) in [6.45, 7) is 3.35. The summed E-state index contributed by atoms with van der Waals surface area (Å²) in [5, 5.41) is 3.14. The van der Waals surface area contributed by atoms with Gasteiger partial charge in [0.25, 0.3) is 0 Å². The molecule has 0 fully saturated rings. The van der Waals surface area contributed by atoms with Crippen LogP contribution >= 0.6 is 0 Å². The fourth-order valence-electron chi connectivity index (χ4n) is 1.32. The molecule has 1 aromatic rings. The first kappa shape index (κ1) is 12.5. The Morgan fingerprint density at radius 3 is 2.69 bits per heavy atom. The van der Waals surface area contributed by atoms with Crippen molar-refractivity contribution in [2.24, 2.45) is 5.73 Å². The molecule has 0 aliphatic heterocycles. The molecule has 0 saturated carbocycles. The number of ketones is 1. The Hall–Kier alpha value is -1.61. The van der Waals surface area contributed by atoms with Crippen LogP contribution < -0.4 is 11.1 Å². The lowest BCUT2D eigenvalue weighted by Crippen LogP contribution is -2.17. The van der Waals surface area contributed by atoms with E-state index in [9.17, 15) is 4.79 Å². The molecule has 0 aliphatic rings. The van der Waals surface area contributed by atoms with Crippen molar-refractivity contribution >= 4 is 5.78 Å². The number of hydrogen-bond acceptors (Lipinski definition) is 3. The molecule has 0 saturated heterocycles. The first-order chi connectivity index (χ1) is 7.74. The van der Waals surface area contributed by atoms with Gasteiger partial charge in [-0.3, -0.25) is 4.79 Å². The summed E-state index contributed by atoms with van der Waals surface area (Å²) in [6.07, 6.45) is 2.52. The Bertz CT molecular complexity index is 357. The average Bonchev–Trinajstić information content (AvgIpc) is 2.30. The Balaban J connectivity index is 2.52. The molecule has 86 valence electrons. The average molecular weight is 218 g/mol. The van der Waals surface area contributed by atoms with Crippen LogP contribution in [0.2, 0.25) is 0 Å². The first-order valence-corrected chi connectivity index (χ1v) is 5.45. The van der Waals surface area contributed by atoms with Crippen LogP contribution in [-0.4, -0.2) is 18.9 Å². The van der Waals surface area contributed by atoms with Crippen molar-refractivity contribution in [1.29, 1.82) is 0 Å². The number of allylic oxidation sites excluding steroid dienone is 2. The molecule has 0 aliphatic carbocycles. The Morgan fingerprint density at radius 1 is 1.38 bits per heavy atom. The zero-order valence-corrected chi connectivity index (χ0v) is 9.57. The Morgan fingerprint density at radius 2 is 2.06 bits per heavy atom. The molecule has 0 unspecified atom stereocenters. The normalized spacial score (nSPS) is 11.2. The maximum absolute atomic E-state index is 11.7. The largest absolute Gasteiger partial charge is 0.388 e. The first-order valence-electron chi connectivity index (χ1n) is 5.45. The van der Waals surface area contributed by atoms with Crippen LogP contribution in [0.4, 0.5) is 0 Å². The van der Waals surface area contributed by atoms with E-state index in [0.29, 0.717) is 12.1 Å². The van der Waals surface area contributed by atoms with Crippen molar-refractivity contribution in [3.05, 3.63) is 47.7 Å². The van der Waals surface area contributed by atoms with Crippen molar-refractivity contribution in [3.8, 4) is 0 Å². The second-order valence-electron chi connectivity index (χ2n) is 3.63. The van der Waals surface area contributed by atoms with Crippen LogP contribution in [-0.2, 0) is 0 Å². The number of carbonyl (C=O) groups excluding carboxylic acids is 1. The van der Waals surface area contributed by atoms with Crippen molar-refractivity contribution in [3.63, 3.8) is 0 Å². The molecule has 1 aromatic carbocycles. The van der Waals surface area contributed by atoms with Crippen molar-refractivity contribution in [2.75, 3.05) is 13.1 Å². The fourth-order valence-corrected chi connectivity index (χ4v) is 1.32. The third-order valence-corrected chi connectivity index (χ3v) is 2.19. The summed E-state index contributed by atoms with van der Waals surface area (Å²) in [6, 6.07) is 9.24. The summed E-state index contributed by atoms with van der Waals surface area (Å²) in [5.41, 5.74) is 6.97. The standard InChI is InChI=1S/C13H18N2O/c1-11(15-9-5-8-14)10-13(16)12-6-3-2-4-7-12/h2-4,6-7,10,15H,5,8-9,14H2,1H3/b11-10+. The molecule has 0 radical (unpaired) electrons. The number of hydrogen-bond donors (Lipinski definition) is 2. The van der Waals surface area contributed by atoms with Crippen molar-refractivity contribution < 1.29 is 4.79 Å². The Labute approximate surface area is 96.3 Å². The highest BCUT2D eigenvalue weighted by molar-refractivity contribution is 6.04. The van der Waals surface area contributed by atoms with Gasteiger partial charge in [-0.25, -0.2) is 0 Å². The van der Waals surface area contributed by atoms with E-state index in [2.05, 4.69) is 5.32 Å². The molecule has 0 aromatic heterocycles. The SMILES string of the molecule is C/C(=C\C(=O)c1ccccc1)NCCCN. The molecule has 0 heterocycles. The molecular weight excluding hydrogens is 200 g/mol. The number of rotatable bonds is 6. The maximum Gasteiger partial charge on any atom is 0.187 e. The highest BCUT2D eigenvalue weighted by Crippen LogP contribution is 2.02. The predicted molar refractivity (Wildman–Crippen MR) is 66.2 cm³/mol. The molecule has 3 N–H and O–H groups in total. The predicted octanol–water partition coefficient (Wildman–Crippen LogP) is 1.71. The van der Waals surface area contributed by atoms with E-state index in [0.717, 1.165) is 18.7 Å². The van der Waals surface area contributed by atoms with Gasteiger partial charge in [0.1, 0.15) is 0 Å². The van der Waals surface area contributed by atoms with Gasteiger partial charge in [-0.05, 0) is 19.9 Å².